The van der Waals surface area contributed by atoms with Crippen molar-refractivity contribution in [2.24, 2.45) is 0 Å². The molecule has 1 aliphatic heterocycles. The quantitative estimate of drug-likeness (QED) is 0.575. The van der Waals surface area contributed by atoms with E-state index in [9.17, 15) is 0 Å². The van der Waals surface area contributed by atoms with Gasteiger partial charge in [0, 0.05) is 12.1 Å². The van der Waals surface area contributed by atoms with Crippen LogP contribution in [0, 0.1) is 0 Å². The van der Waals surface area contributed by atoms with Crippen LogP contribution in [-0.2, 0) is 4.74 Å². The van der Waals surface area contributed by atoms with Gasteiger partial charge in [0.2, 0.25) is 0 Å². The second-order valence-electron chi connectivity index (χ2n) is 4.00. The summed E-state index contributed by atoms with van der Waals surface area (Å²) in [6.45, 7) is 8.82. The summed E-state index contributed by atoms with van der Waals surface area (Å²) in [5.74, 6) is 0. The van der Waals surface area contributed by atoms with Gasteiger partial charge in [-0.15, -0.1) is 0 Å². The van der Waals surface area contributed by atoms with Gasteiger partial charge in [-0.05, 0) is 27.3 Å². The van der Waals surface area contributed by atoms with Crippen molar-refractivity contribution in [3.63, 3.8) is 0 Å². The number of epoxide rings is 1. The van der Waals surface area contributed by atoms with Gasteiger partial charge < -0.3 is 4.74 Å². The number of ether oxygens (including phenoxy) is 1. The van der Waals surface area contributed by atoms with Crippen LogP contribution in [0.1, 0.15) is 27.2 Å². The van der Waals surface area contributed by atoms with E-state index in [1.165, 1.54) is 6.42 Å². The third kappa shape index (κ3) is 2.46. The molecular formula is C9H19NO. The Hall–Kier alpha value is -0.0800. The van der Waals surface area contributed by atoms with Gasteiger partial charge in [0.05, 0.1) is 12.7 Å². The van der Waals surface area contributed by atoms with E-state index in [-0.39, 0.29) is 0 Å². The van der Waals surface area contributed by atoms with E-state index >= 15 is 0 Å². The first kappa shape index (κ1) is 9.01. The average Bonchev–Trinajstić information content (AvgIpc) is 2.72. The molecule has 1 fully saturated rings. The number of nitrogens with zero attached hydrogens (tertiary/aromatic N) is 1. The van der Waals surface area contributed by atoms with Crippen LogP contribution in [0.2, 0.25) is 0 Å². The number of hydrogen-bond donors (Lipinski definition) is 0. The smallest absolute Gasteiger partial charge is 0.0936 e. The molecule has 0 radical (unpaired) electrons. The van der Waals surface area contributed by atoms with Gasteiger partial charge in [-0.2, -0.15) is 0 Å². The fourth-order valence-electron chi connectivity index (χ4n) is 0.996. The van der Waals surface area contributed by atoms with Crippen LogP contribution in [0.15, 0.2) is 0 Å². The molecule has 0 amide bonds. The molecule has 0 aromatic rings. The molecule has 2 heteroatoms. The largest absolute Gasteiger partial charge is 0.372 e. The molecule has 0 N–H and O–H groups in total. The van der Waals surface area contributed by atoms with Crippen molar-refractivity contribution in [1.82, 2.24) is 4.90 Å². The third-order valence-corrected chi connectivity index (χ3v) is 2.78. The summed E-state index contributed by atoms with van der Waals surface area (Å²) < 4.78 is 5.18. The highest BCUT2D eigenvalue weighted by atomic mass is 16.6. The van der Waals surface area contributed by atoms with Crippen LogP contribution in [0.3, 0.4) is 0 Å². The summed E-state index contributed by atoms with van der Waals surface area (Å²) in [6.07, 6.45) is 1.71. The number of rotatable bonds is 4. The Morgan fingerprint density at radius 1 is 1.55 bits per heavy atom. The lowest BCUT2D eigenvalue weighted by Gasteiger charge is -2.34. The predicted molar refractivity (Wildman–Crippen MR) is 46.7 cm³/mol. The van der Waals surface area contributed by atoms with Crippen LogP contribution < -0.4 is 0 Å². The molecule has 1 aliphatic rings. The third-order valence-electron chi connectivity index (χ3n) is 2.78. The summed E-state index contributed by atoms with van der Waals surface area (Å²) in [5.41, 5.74) is 0.325. The SMILES string of the molecule is CCC(C)(C)N(C)CC1CO1. The standard InChI is InChI=1S/C9H19NO/c1-5-9(2,3)10(4)6-8-7-11-8/h8H,5-7H2,1-4H3. The zero-order valence-corrected chi connectivity index (χ0v) is 8.05. The summed E-state index contributed by atoms with van der Waals surface area (Å²) in [5, 5.41) is 0. The van der Waals surface area contributed by atoms with Crippen molar-refractivity contribution in [2.45, 2.75) is 38.8 Å². The molecule has 0 aliphatic carbocycles. The minimum absolute atomic E-state index is 0.325. The van der Waals surface area contributed by atoms with Gasteiger partial charge in [-0.3, -0.25) is 4.90 Å². The Bertz CT molecular complexity index is 130. The van der Waals surface area contributed by atoms with E-state index in [0.29, 0.717) is 11.6 Å². The number of likely N-dealkylation sites (N-methyl/N-ethyl adjacent to an activating group) is 1. The Kier molecular flexibility index (Phi) is 2.55. The Morgan fingerprint density at radius 2 is 2.09 bits per heavy atom. The zero-order valence-electron chi connectivity index (χ0n) is 8.05. The highest BCUT2D eigenvalue weighted by Gasteiger charge is 2.29. The Balaban J connectivity index is 2.31. The molecule has 1 unspecified atom stereocenters. The normalized spacial score (nSPS) is 24.3. The summed E-state index contributed by atoms with van der Waals surface area (Å²) in [4.78, 5) is 2.38. The van der Waals surface area contributed by atoms with E-state index in [0.717, 1.165) is 13.2 Å². The molecular weight excluding hydrogens is 138 g/mol. The molecule has 2 nitrogen and oxygen atoms in total. The van der Waals surface area contributed by atoms with Crippen LogP contribution >= 0.6 is 0 Å². The maximum absolute atomic E-state index is 5.18. The molecule has 1 atom stereocenters. The molecule has 0 aromatic heterocycles. The molecule has 1 saturated heterocycles. The van der Waals surface area contributed by atoms with Crippen LogP contribution in [-0.4, -0.2) is 36.7 Å². The van der Waals surface area contributed by atoms with Crippen molar-refractivity contribution in [3.8, 4) is 0 Å². The van der Waals surface area contributed by atoms with Crippen molar-refractivity contribution in [3.05, 3.63) is 0 Å². The molecule has 1 heterocycles. The van der Waals surface area contributed by atoms with Crippen molar-refractivity contribution >= 4 is 0 Å². The highest BCUT2D eigenvalue weighted by molar-refractivity contribution is 4.82. The van der Waals surface area contributed by atoms with Gasteiger partial charge in [-0.25, -0.2) is 0 Å². The first-order chi connectivity index (χ1) is 5.06. The monoisotopic (exact) mass is 157 g/mol. The zero-order chi connectivity index (χ0) is 8.48. The topological polar surface area (TPSA) is 15.8 Å². The second-order valence-corrected chi connectivity index (χ2v) is 4.00. The molecule has 1 rings (SSSR count). The Labute approximate surface area is 69.5 Å². The molecule has 0 bridgehead atoms. The van der Waals surface area contributed by atoms with Crippen molar-refractivity contribution in [1.29, 1.82) is 0 Å². The summed E-state index contributed by atoms with van der Waals surface area (Å²) in [6, 6.07) is 0. The lowest BCUT2D eigenvalue weighted by molar-refractivity contribution is 0.138. The fourth-order valence-corrected chi connectivity index (χ4v) is 0.996. The van der Waals surface area contributed by atoms with E-state index in [4.69, 9.17) is 4.74 Å². The van der Waals surface area contributed by atoms with Crippen LogP contribution in [0.4, 0.5) is 0 Å². The molecule has 11 heavy (non-hydrogen) atoms. The van der Waals surface area contributed by atoms with E-state index in [1.807, 2.05) is 0 Å². The molecule has 0 aromatic carbocycles. The lowest BCUT2D eigenvalue weighted by atomic mass is 10.00. The minimum Gasteiger partial charge on any atom is -0.372 e. The number of hydrogen-bond acceptors (Lipinski definition) is 2. The van der Waals surface area contributed by atoms with Crippen molar-refractivity contribution < 1.29 is 4.74 Å². The van der Waals surface area contributed by atoms with Crippen LogP contribution in [0.5, 0.6) is 0 Å². The van der Waals surface area contributed by atoms with Gasteiger partial charge in [-0.1, -0.05) is 6.92 Å². The minimum atomic E-state index is 0.325. The van der Waals surface area contributed by atoms with E-state index in [1.54, 1.807) is 0 Å². The summed E-state index contributed by atoms with van der Waals surface area (Å²) in [7, 11) is 2.17. The average molecular weight is 157 g/mol. The fraction of sp³-hybridized carbons (Fsp3) is 1.00. The summed E-state index contributed by atoms with van der Waals surface area (Å²) >= 11 is 0. The Morgan fingerprint density at radius 3 is 2.45 bits per heavy atom. The van der Waals surface area contributed by atoms with Crippen LogP contribution in [0.25, 0.3) is 0 Å². The maximum Gasteiger partial charge on any atom is 0.0936 e. The molecule has 0 spiro atoms. The second kappa shape index (κ2) is 3.11. The van der Waals surface area contributed by atoms with Gasteiger partial charge in [0.15, 0.2) is 0 Å². The highest BCUT2D eigenvalue weighted by Crippen LogP contribution is 2.20. The van der Waals surface area contributed by atoms with Gasteiger partial charge in [0.25, 0.3) is 0 Å². The van der Waals surface area contributed by atoms with Crippen molar-refractivity contribution in [2.75, 3.05) is 20.2 Å². The predicted octanol–water partition coefficient (Wildman–Crippen LogP) is 1.51. The van der Waals surface area contributed by atoms with Gasteiger partial charge >= 0.3 is 0 Å². The first-order valence-electron chi connectivity index (χ1n) is 4.39. The maximum atomic E-state index is 5.18. The first-order valence-corrected chi connectivity index (χ1v) is 4.39. The molecule has 0 saturated carbocycles. The lowest BCUT2D eigenvalue weighted by Crippen LogP contribution is -2.42. The van der Waals surface area contributed by atoms with E-state index < -0.39 is 0 Å². The van der Waals surface area contributed by atoms with Gasteiger partial charge in [0.1, 0.15) is 0 Å². The molecule has 66 valence electrons. The van der Waals surface area contributed by atoms with E-state index in [2.05, 4.69) is 32.7 Å².